The Kier molecular flexibility index (Phi) is 9.37. The molecule has 2 aliphatic carbocycles. The number of aliphatic hydroxyl groups is 1. The Labute approximate surface area is 214 Å². The third kappa shape index (κ3) is 8.82. The van der Waals surface area contributed by atoms with Crippen molar-refractivity contribution in [2.24, 2.45) is 5.41 Å². The highest BCUT2D eigenvalue weighted by molar-refractivity contribution is 9.10. The highest BCUT2D eigenvalue weighted by Crippen LogP contribution is 2.50. The molecule has 1 aromatic heterocycles. The number of hydrogen-bond donors (Lipinski definition) is 1. The Balaban J connectivity index is 0.000000237. The number of aromatic nitrogens is 1. The lowest BCUT2D eigenvalue weighted by Gasteiger charge is -2.58. The molecular weight excluding hydrogens is 526 g/mol. The quantitative estimate of drug-likeness (QED) is 0.445. The lowest BCUT2D eigenvalue weighted by atomic mass is 9.62. The summed E-state index contributed by atoms with van der Waals surface area (Å²) in [5.74, 6) is -2.14. The summed E-state index contributed by atoms with van der Waals surface area (Å²) in [6.45, 7) is 5.87. The van der Waals surface area contributed by atoms with Crippen LogP contribution >= 0.6 is 15.9 Å². The van der Waals surface area contributed by atoms with E-state index in [-0.39, 0.29) is 37.1 Å². The number of ether oxygens (including phenoxy) is 3. The van der Waals surface area contributed by atoms with Crippen LogP contribution in [0.2, 0.25) is 0 Å². The molecular formula is C25H37BrF2N2O5. The second-order valence-corrected chi connectivity index (χ2v) is 11.8. The maximum absolute atomic E-state index is 13.4. The van der Waals surface area contributed by atoms with Gasteiger partial charge < -0.3 is 24.2 Å². The summed E-state index contributed by atoms with van der Waals surface area (Å²) in [5, 5.41) is 8.60. The van der Waals surface area contributed by atoms with Crippen LogP contribution in [0.5, 0.6) is 5.88 Å². The van der Waals surface area contributed by atoms with Crippen molar-refractivity contribution >= 4 is 22.0 Å². The van der Waals surface area contributed by atoms with Gasteiger partial charge in [0.2, 0.25) is 5.88 Å². The molecule has 7 nitrogen and oxygen atoms in total. The van der Waals surface area contributed by atoms with Gasteiger partial charge in [-0.1, -0.05) is 0 Å². The van der Waals surface area contributed by atoms with Crippen molar-refractivity contribution < 1.29 is 32.9 Å². The van der Waals surface area contributed by atoms with Crippen molar-refractivity contribution in [1.82, 2.24) is 9.88 Å². The molecule has 1 spiro atoms. The molecule has 198 valence electrons. The Bertz CT molecular complexity index is 816. The minimum absolute atomic E-state index is 0.0297. The normalized spacial score (nSPS) is 19.7. The standard InChI is InChI=1S/C16H27F2NO4.C9H10BrNO/c1-14(2,3)23-13(21)19-9-15(10-19)7-12(8-15)22-11-16(17,18)5-4-6-20;10-7-4-5-9(11-6-7)12-8-2-1-3-8/h12,20H,4-11H2,1-3H3;4-6,8H,1-3H2. The van der Waals surface area contributed by atoms with Gasteiger partial charge in [0.1, 0.15) is 18.3 Å². The largest absolute Gasteiger partial charge is 0.474 e. The van der Waals surface area contributed by atoms with E-state index in [9.17, 15) is 13.6 Å². The maximum atomic E-state index is 13.4. The van der Waals surface area contributed by atoms with Crippen LogP contribution in [0.1, 0.15) is 65.7 Å². The van der Waals surface area contributed by atoms with Crippen molar-refractivity contribution in [2.75, 3.05) is 26.3 Å². The number of likely N-dealkylation sites (tertiary alicyclic amines) is 1. The number of carbonyl (C=O) groups excluding carboxylic acids is 1. The Hall–Kier alpha value is -1.52. The average Bonchev–Trinajstić information content (AvgIpc) is 2.67. The smallest absolute Gasteiger partial charge is 0.410 e. The van der Waals surface area contributed by atoms with E-state index in [2.05, 4.69) is 20.9 Å². The first-order valence-electron chi connectivity index (χ1n) is 12.3. The van der Waals surface area contributed by atoms with Gasteiger partial charge in [-0.25, -0.2) is 18.6 Å². The lowest BCUT2D eigenvalue weighted by molar-refractivity contribution is -0.179. The SMILES string of the molecule is Brc1ccc(OC2CCC2)nc1.CC(C)(C)OC(=O)N1CC2(CC(OCC(F)(F)CCCO)C2)C1. The van der Waals surface area contributed by atoms with Crippen molar-refractivity contribution in [2.45, 2.75) is 89.4 Å². The Morgan fingerprint density at radius 3 is 2.43 bits per heavy atom. The van der Waals surface area contributed by atoms with Crippen molar-refractivity contribution in [3.8, 4) is 5.88 Å². The first-order valence-corrected chi connectivity index (χ1v) is 13.0. The predicted octanol–water partition coefficient (Wildman–Crippen LogP) is 5.59. The van der Waals surface area contributed by atoms with E-state index in [0.717, 1.165) is 10.4 Å². The number of amides is 1. The van der Waals surface area contributed by atoms with E-state index in [4.69, 9.17) is 19.3 Å². The number of rotatable bonds is 8. The fourth-order valence-corrected chi connectivity index (χ4v) is 4.48. The van der Waals surface area contributed by atoms with E-state index >= 15 is 0 Å². The average molecular weight is 563 g/mol. The van der Waals surface area contributed by atoms with Gasteiger partial charge in [-0.05, 0) is 81.3 Å². The predicted molar refractivity (Wildman–Crippen MR) is 131 cm³/mol. The zero-order valence-corrected chi connectivity index (χ0v) is 22.4. The van der Waals surface area contributed by atoms with E-state index in [1.165, 1.54) is 19.3 Å². The summed E-state index contributed by atoms with van der Waals surface area (Å²) in [5.41, 5.74) is -0.479. The van der Waals surface area contributed by atoms with Gasteiger partial charge >= 0.3 is 6.09 Å². The number of alkyl halides is 2. The van der Waals surface area contributed by atoms with Crippen LogP contribution in [0.3, 0.4) is 0 Å². The molecule has 2 heterocycles. The zero-order chi connectivity index (χ0) is 25.7. The highest BCUT2D eigenvalue weighted by atomic mass is 79.9. The number of carbonyl (C=O) groups is 1. The van der Waals surface area contributed by atoms with Gasteiger partial charge in [0.05, 0.1) is 6.10 Å². The van der Waals surface area contributed by atoms with Gasteiger partial charge in [0, 0.05) is 48.3 Å². The van der Waals surface area contributed by atoms with Gasteiger partial charge in [0.15, 0.2) is 0 Å². The van der Waals surface area contributed by atoms with Crippen LogP contribution in [0, 0.1) is 5.41 Å². The van der Waals surface area contributed by atoms with E-state index in [1.54, 1.807) is 11.1 Å². The molecule has 2 saturated carbocycles. The molecule has 0 unspecified atom stereocenters. The molecule has 1 N–H and O–H groups in total. The van der Waals surface area contributed by atoms with E-state index < -0.39 is 18.1 Å². The highest BCUT2D eigenvalue weighted by Gasteiger charge is 2.55. The molecule has 35 heavy (non-hydrogen) atoms. The van der Waals surface area contributed by atoms with Crippen LogP contribution in [0.25, 0.3) is 0 Å². The molecule has 3 aliphatic rings. The van der Waals surface area contributed by atoms with Gasteiger partial charge in [0.25, 0.3) is 5.92 Å². The van der Waals surface area contributed by atoms with Gasteiger partial charge in [-0.15, -0.1) is 0 Å². The Morgan fingerprint density at radius 1 is 1.23 bits per heavy atom. The maximum Gasteiger partial charge on any atom is 0.410 e. The van der Waals surface area contributed by atoms with Crippen molar-refractivity contribution in [3.63, 3.8) is 0 Å². The topological polar surface area (TPSA) is 81.1 Å². The van der Waals surface area contributed by atoms with Crippen LogP contribution in [-0.2, 0) is 9.47 Å². The number of hydrogen-bond acceptors (Lipinski definition) is 6. The minimum Gasteiger partial charge on any atom is -0.474 e. The number of aliphatic hydroxyl groups excluding tert-OH is 1. The molecule has 0 bridgehead atoms. The molecule has 1 amide bonds. The summed E-state index contributed by atoms with van der Waals surface area (Å²) in [7, 11) is 0. The number of halogens is 3. The van der Waals surface area contributed by atoms with E-state index in [1.807, 2.05) is 32.9 Å². The molecule has 0 aromatic carbocycles. The molecule has 3 fully saturated rings. The van der Waals surface area contributed by atoms with Crippen molar-refractivity contribution in [3.05, 3.63) is 22.8 Å². The molecule has 4 rings (SSSR count). The molecule has 1 aliphatic heterocycles. The van der Waals surface area contributed by atoms with Gasteiger partial charge in [-0.2, -0.15) is 0 Å². The second-order valence-electron chi connectivity index (χ2n) is 10.8. The van der Waals surface area contributed by atoms with Crippen molar-refractivity contribution in [1.29, 1.82) is 0 Å². The van der Waals surface area contributed by atoms with E-state index in [0.29, 0.717) is 32.0 Å². The number of pyridine rings is 1. The summed E-state index contributed by atoms with van der Waals surface area (Å²) in [4.78, 5) is 17.6. The molecule has 10 heteroatoms. The molecule has 0 atom stereocenters. The van der Waals surface area contributed by atoms with Crippen LogP contribution in [0.15, 0.2) is 22.8 Å². The number of nitrogens with zero attached hydrogens (tertiary/aromatic N) is 2. The zero-order valence-electron chi connectivity index (χ0n) is 20.8. The van der Waals surface area contributed by atoms with Gasteiger partial charge in [-0.3, -0.25) is 0 Å². The minimum atomic E-state index is -2.88. The first-order chi connectivity index (χ1) is 16.4. The summed E-state index contributed by atoms with van der Waals surface area (Å²) >= 11 is 3.32. The fraction of sp³-hybridized carbons (Fsp3) is 0.760. The molecule has 0 radical (unpaired) electrons. The van der Waals surface area contributed by atoms with Crippen LogP contribution < -0.4 is 4.74 Å². The first kappa shape index (κ1) is 28.1. The summed E-state index contributed by atoms with van der Waals surface area (Å²) in [6.07, 6.45) is 6.50. The Morgan fingerprint density at radius 2 is 1.91 bits per heavy atom. The summed E-state index contributed by atoms with van der Waals surface area (Å²) < 4.78 is 44.0. The monoisotopic (exact) mass is 562 g/mol. The second kappa shape index (κ2) is 11.7. The third-order valence-corrected chi connectivity index (χ3v) is 6.77. The molecule has 1 aromatic rings. The fourth-order valence-electron chi connectivity index (χ4n) is 4.24. The van der Waals surface area contributed by atoms with Crippen LogP contribution in [0.4, 0.5) is 13.6 Å². The molecule has 1 saturated heterocycles. The summed E-state index contributed by atoms with van der Waals surface area (Å²) in [6, 6.07) is 3.84. The third-order valence-electron chi connectivity index (χ3n) is 6.30. The lowest BCUT2D eigenvalue weighted by Crippen LogP contribution is -2.66. The van der Waals surface area contributed by atoms with Crippen LogP contribution in [-0.4, -0.2) is 71.1 Å².